The molecular weight excluding hydrogens is 164 g/mol. The van der Waals surface area contributed by atoms with Crippen LogP contribution in [0.2, 0.25) is 0 Å². The number of aromatic nitrogens is 1. The second-order valence-corrected chi connectivity index (χ2v) is 2.64. The normalized spacial score (nSPS) is 9.85. The van der Waals surface area contributed by atoms with E-state index in [1.54, 1.807) is 19.4 Å². The molecule has 0 unspecified atom stereocenters. The van der Waals surface area contributed by atoms with Crippen molar-refractivity contribution in [3.63, 3.8) is 0 Å². The van der Waals surface area contributed by atoms with E-state index < -0.39 is 0 Å². The molecule has 0 amide bonds. The molecule has 2 aromatic rings. The molecule has 0 aliphatic rings. The van der Waals surface area contributed by atoms with E-state index in [4.69, 9.17) is 10.00 Å². The molecule has 13 heavy (non-hydrogen) atoms. The van der Waals surface area contributed by atoms with E-state index >= 15 is 0 Å². The van der Waals surface area contributed by atoms with Crippen molar-refractivity contribution >= 4 is 10.9 Å². The Morgan fingerprint density at radius 2 is 2.46 bits per heavy atom. The van der Waals surface area contributed by atoms with E-state index in [2.05, 4.69) is 17.1 Å². The minimum atomic E-state index is 0.609. The minimum absolute atomic E-state index is 0.609. The zero-order chi connectivity index (χ0) is 9.26. The fraction of sp³-hybridized carbons (Fsp3) is 0.100. The lowest BCUT2D eigenvalue weighted by Gasteiger charge is -1.97. The number of nitriles is 1. The first-order chi connectivity index (χ1) is 6.35. The summed E-state index contributed by atoms with van der Waals surface area (Å²) >= 11 is 0. The maximum atomic E-state index is 8.73. The summed E-state index contributed by atoms with van der Waals surface area (Å²) in [4.78, 5) is 2.98. The first-order valence-corrected chi connectivity index (χ1v) is 3.82. The topological polar surface area (TPSA) is 48.8 Å². The first kappa shape index (κ1) is 7.69. The van der Waals surface area contributed by atoms with Gasteiger partial charge in [-0.15, -0.1) is 0 Å². The Bertz CT molecular complexity index is 479. The number of nitrogens with one attached hydrogen (secondary N) is 1. The second kappa shape index (κ2) is 2.83. The van der Waals surface area contributed by atoms with Crippen molar-refractivity contribution in [3.05, 3.63) is 30.0 Å². The van der Waals surface area contributed by atoms with Gasteiger partial charge in [0.05, 0.1) is 18.2 Å². The molecule has 2 rings (SSSR count). The number of hydrogen-bond donors (Lipinski definition) is 1. The first-order valence-electron chi connectivity index (χ1n) is 3.82. The van der Waals surface area contributed by atoms with Crippen molar-refractivity contribution in [1.29, 1.82) is 5.26 Å². The average Bonchev–Trinajstić information content (AvgIpc) is 2.59. The standard InChI is InChI=1S/C10H7N2O/c1-13-8-2-3-9-7(5-11)6-12-10(9)4-8/h2,4,6,12H,1H3. The fourth-order valence-electron chi connectivity index (χ4n) is 1.24. The van der Waals surface area contributed by atoms with Crippen LogP contribution in [0.5, 0.6) is 5.75 Å². The molecule has 0 saturated carbocycles. The third kappa shape index (κ3) is 1.13. The number of nitrogens with zero attached hydrogens (tertiary/aromatic N) is 1. The quantitative estimate of drug-likeness (QED) is 0.711. The van der Waals surface area contributed by atoms with Gasteiger partial charge < -0.3 is 9.72 Å². The van der Waals surface area contributed by atoms with Gasteiger partial charge in [-0.3, -0.25) is 0 Å². The molecule has 0 aliphatic carbocycles. The third-order valence-corrected chi connectivity index (χ3v) is 1.91. The van der Waals surface area contributed by atoms with Crippen LogP contribution >= 0.6 is 0 Å². The zero-order valence-electron chi connectivity index (χ0n) is 7.09. The van der Waals surface area contributed by atoms with Crippen LogP contribution in [0.4, 0.5) is 0 Å². The Balaban J connectivity index is 2.70. The molecule has 1 heterocycles. The van der Waals surface area contributed by atoms with Gasteiger partial charge in [-0.05, 0) is 12.1 Å². The molecule has 3 nitrogen and oxygen atoms in total. The summed E-state index contributed by atoms with van der Waals surface area (Å²) < 4.78 is 5.03. The van der Waals surface area contributed by atoms with E-state index in [0.29, 0.717) is 5.56 Å². The van der Waals surface area contributed by atoms with Crippen molar-refractivity contribution in [2.24, 2.45) is 0 Å². The van der Waals surface area contributed by atoms with Crippen LogP contribution < -0.4 is 4.74 Å². The highest BCUT2D eigenvalue weighted by Gasteiger charge is 2.03. The predicted octanol–water partition coefficient (Wildman–Crippen LogP) is 1.85. The summed E-state index contributed by atoms with van der Waals surface area (Å²) in [5, 5.41) is 9.54. The lowest BCUT2D eigenvalue weighted by molar-refractivity contribution is 0.415. The fourth-order valence-corrected chi connectivity index (χ4v) is 1.24. The van der Waals surface area contributed by atoms with Crippen LogP contribution in [-0.2, 0) is 0 Å². The third-order valence-electron chi connectivity index (χ3n) is 1.91. The number of methoxy groups -OCH3 is 1. The number of ether oxygens (including phenoxy) is 1. The molecular formula is C10H7N2O. The van der Waals surface area contributed by atoms with Gasteiger partial charge in [0.15, 0.2) is 0 Å². The Labute approximate surface area is 75.6 Å². The van der Waals surface area contributed by atoms with Crippen LogP contribution in [0.15, 0.2) is 18.3 Å². The van der Waals surface area contributed by atoms with Gasteiger partial charge >= 0.3 is 0 Å². The maximum absolute atomic E-state index is 8.73. The molecule has 0 saturated heterocycles. The maximum Gasteiger partial charge on any atom is 0.121 e. The zero-order valence-corrected chi connectivity index (χ0v) is 7.09. The lowest BCUT2D eigenvalue weighted by Crippen LogP contribution is -1.81. The number of aromatic amines is 1. The van der Waals surface area contributed by atoms with Crippen LogP contribution in [0.1, 0.15) is 5.56 Å². The summed E-state index contributed by atoms with van der Waals surface area (Å²) in [6, 6.07) is 8.63. The van der Waals surface area contributed by atoms with Gasteiger partial charge in [0.2, 0.25) is 0 Å². The van der Waals surface area contributed by atoms with Gasteiger partial charge in [-0.2, -0.15) is 5.26 Å². The highest BCUT2D eigenvalue weighted by atomic mass is 16.5. The smallest absolute Gasteiger partial charge is 0.121 e. The summed E-state index contributed by atoms with van der Waals surface area (Å²) in [5.74, 6) is 0.735. The van der Waals surface area contributed by atoms with E-state index in [1.165, 1.54) is 0 Å². The van der Waals surface area contributed by atoms with Crippen LogP contribution in [-0.4, -0.2) is 12.1 Å². The molecule has 1 radical (unpaired) electrons. The molecule has 3 heteroatoms. The second-order valence-electron chi connectivity index (χ2n) is 2.64. The monoisotopic (exact) mass is 171 g/mol. The van der Waals surface area contributed by atoms with Gasteiger partial charge in [0, 0.05) is 17.6 Å². The van der Waals surface area contributed by atoms with Crippen LogP contribution in [0.3, 0.4) is 0 Å². The lowest BCUT2D eigenvalue weighted by atomic mass is 10.2. The van der Waals surface area contributed by atoms with Gasteiger partial charge in [-0.25, -0.2) is 0 Å². The Morgan fingerprint density at radius 1 is 1.62 bits per heavy atom. The Morgan fingerprint density at radius 3 is 3.15 bits per heavy atom. The molecule has 0 bridgehead atoms. The van der Waals surface area contributed by atoms with Crippen LogP contribution in [0, 0.1) is 17.4 Å². The Kier molecular flexibility index (Phi) is 1.67. The summed E-state index contributed by atoms with van der Waals surface area (Å²) in [6.45, 7) is 0. The molecule has 1 aromatic carbocycles. The largest absolute Gasteiger partial charge is 0.497 e. The number of hydrogen-bond acceptors (Lipinski definition) is 2. The number of H-pyrrole nitrogens is 1. The van der Waals surface area contributed by atoms with Crippen molar-refractivity contribution in [2.75, 3.05) is 7.11 Å². The summed E-state index contributed by atoms with van der Waals surface area (Å²) in [6.07, 6.45) is 1.67. The minimum Gasteiger partial charge on any atom is -0.497 e. The SMILES string of the molecule is COc1c[c]c2c(C#N)c[nH]c2c1. The number of fused-ring (bicyclic) bond motifs is 1. The van der Waals surface area contributed by atoms with E-state index in [1.807, 2.05) is 6.07 Å². The molecule has 0 spiro atoms. The van der Waals surface area contributed by atoms with Gasteiger partial charge in [0.1, 0.15) is 11.8 Å². The van der Waals surface area contributed by atoms with Gasteiger partial charge in [-0.1, -0.05) is 0 Å². The Hall–Kier alpha value is -1.95. The van der Waals surface area contributed by atoms with Crippen molar-refractivity contribution in [1.82, 2.24) is 4.98 Å². The van der Waals surface area contributed by atoms with Crippen LogP contribution in [0.25, 0.3) is 10.9 Å². The number of rotatable bonds is 1. The average molecular weight is 171 g/mol. The highest BCUT2D eigenvalue weighted by Crippen LogP contribution is 2.21. The molecule has 1 N–H and O–H groups in total. The van der Waals surface area contributed by atoms with Crippen molar-refractivity contribution in [2.45, 2.75) is 0 Å². The molecule has 0 atom stereocenters. The van der Waals surface area contributed by atoms with E-state index in [0.717, 1.165) is 16.7 Å². The van der Waals surface area contributed by atoms with E-state index in [-0.39, 0.29) is 0 Å². The summed E-state index contributed by atoms with van der Waals surface area (Å²) in [7, 11) is 1.60. The molecule has 0 fully saturated rings. The summed E-state index contributed by atoms with van der Waals surface area (Å²) in [5.41, 5.74) is 1.48. The molecule has 1 aromatic heterocycles. The number of benzene rings is 1. The predicted molar refractivity (Wildman–Crippen MR) is 48.4 cm³/mol. The van der Waals surface area contributed by atoms with Gasteiger partial charge in [0.25, 0.3) is 0 Å². The van der Waals surface area contributed by atoms with Crippen molar-refractivity contribution in [3.8, 4) is 11.8 Å². The molecule has 0 aliphatic heterocycles. The molecule has 63 valence electrons. The highest BCUT2D eigenvalue weighted by molar-refractivity contribution is 5.86. The van der Waals surface area contributed by atoms with Crippen molar-refractivity contribution < 1.29 is 4.74 Å². The van der Waals surface area contributed by atoms with E-state index in [9.17, 15) is 0 Å².